The van der Waals surface area contributed by atoms with Crippen molar-refractivity contribution in [1.82, 2.24) is 5.32 Å². The first-order chi connectivity index (χ1) is 12.6. The van der Waals surface area contributed by atoms with E-state index in [9.17, 15) is 18.0 Å². The summed E-state index contributed by atoms with van der Waals surface area (Å²) in [6.07, 6.45) is 2.62. The number of halogens is 3. The minimum atomic E-state index is -2.58. The fourth-order valence-corrected chi connectivity index (χ4v) is 3.83. The van der Waals surface area contributed by atoms with Gasteiger partial charge in [-0.15, -0.1) is 0 Å². The summed E-state index contributed by atoms with van der Waals surface area (Å²) in [4.78, 5) is 11.5. The number of amides is 1. The van der Waals surface area contributed by atoms with Gasteiger partial charge < -0.3 is 14.8 Å². The summed E-state index contributed by atoms with van der Waals surface area (Å²) < 4.78 is 52.1. The van der Waals surface area contributed by atoms with Crippen LogP contribution in [-0.4, -0.2) is 49.0 Å². The van der Waals surface area contributed by atoms with Crippen molar-refractivity contribution >= 4 is 5.91 Å². The van der Waals surface area contributed by atoms with E-state index >= 15 is 0 Å². The third-order valence-corrected chi connectivity index (χ3v) is 5.87. The quantitative estimate of drug-likeness (QED) is 0.665. The monoisotopic (exact) mass is 393 g/mol. The molecule has 0 aromatic carbocycles. The first-order valence-electron chi connectivity index (χ1n) is 10.1. The molecule has 0 aromatic rings. The van der Waals surface area contributed by atoms with Crippen LogP contribution in [0.5, 0.6) is 0 Å². The number of rotatable bonds is 8. The minimum Gasteiger partial charge on any atom is -0.376 e. The van der Waals surface area contributed by atoms with E-state index in [1.165, 1.54) is 6.92 Å². The molecule has 27 heavy (non-hydrogen) atoms. The molecule has 158 valence electrons. The van der Waals surface area contributed by atoms with Crippen molar-refractivity contribution in [3.63, 3.8) is 0 Å². The van der Waals surface area contributed by atoms with E-state index in [1.807, 2.05) is 6.92 Å². The van der Waals surface area contributed by atoms with Crippen LogP contribution in [-0.2, 0) is 14.3 Å². The van der Waals surface area contributed by atoms with Gasteiger partial charge in [-0.05, 0) is 58.3 Å². The topological polar surface area (TPSA) is 47.6 Å². The maximum Gasteiger partial charge on any atom is 0.248 e. The Balaban J connectivity index is 1.76. The van der Waals surface area contributed by atoms with Gasteiger partial charge >= 0.3 is 0 Å². The molecule has 2 fully saturated rings. The molecule has 1 N–H and O–H groups in total. The van der Waals surface area contributed by atoms with Gasteiger partial charge in [0, 0.05) is 26.4 Å². The highest BCUT2D eigenvalue weighted by Crippen LogP contribution is 2.35. The Morgan fingerprint density at radius 1 is 1.11 bits per heavy atom. The number of ether oxygens (including phenoxy) is 2. The molecule has 7 heteroatoms. The Labute approximate surface area is 160 Å². The van der Waals surface area contributed by atoms with Crippen LogP contribution in [0.1, 0.15) is 72.1 Å². The molecule has 2 atom stereocenters. The van der Waals surface area contributed by atoms with Crippen molar-refractivity contribution in [2.24, 2.45) is 5.92 Å². The van der Waals surface area contributed by atoms with Gasteiger partial charge in [0.05, 0.1) is 24.9 Å². The number of carbonyl (C=O) groups is 1. The van der Waals surface area contributed by atoms with Gasteiger partial charge in [-0.2, -0.15) is 0 Å². The Bertz CT molecular complexity index is 467. The second-order valence-corrected chi connectivity index (χ2v) is 8.59. The fourth-order valence-electron chi connectivity index (χ4n) is 3.83. The van der Waals surface area contributed by atoms with Crippen LogP contribution in [0, 0.1) is 5.92 Å². The summed E-state index contributed by atoms with van der Waals surface area (Å²) in [6.45, 7) is 5.73. The molecule has 1 amide bonds. The fraction of sp³-hybridized carbons (Fsp3) is 0.950. The number of carbonyl (C=O) groups excluding carboxylic acids is 1. The van der Waals surface area contributed by atoms with Gasteiger partial charge in [-0.25, -0.2) is 13.2 Å². The van der Waals surface area contributed by atoms with Crippen molar-refractivity contribution in [2.45, 2.75) is 102 Å². The van der Waals surface area contributed by atoms with Crippen LogP contribution < -0.4 is 5.32 Å². The van der Waals surface area contributed by atoms with Crippen LogP contribution in [0.4, 0.5) is 13.2 Å². The summed E-state index contributed by atoms with van der Waals surface area (Å²) in [7, 11) is 0. The number of hydrogen-bond acceptors (Lipinski definition) is 3. The van der Waals surface area contributed by atoms with Gasteiger partial charge in [0.15, 0.2) is 0 Å². The van der Waals surface area contributed by atoms with Crippen molar-refractivity contribution in [3.8, 4) is 0 Å². The lowest BCUT2D eigenvalue weighted by Gasteiger charge is -2.33. The molecular weight excluding hydrogens is 359 g/mol. The average Bonchev–Trinajstić information content (AvgIpc) is 2.58. The summed E-state index contributed by atoms with van der Waals surface area (Å²) in [5.74, 6) is -2.43. The molecule has 2 unspecified atom stereocenters. The predicted molar refractivity (Wildman–Crippen MR) is 97.6 cm³/mol. The highest BCUT2D eigenvalue weighted by Gasteiger charge is 2.36. The van der Waals surface area contributed by atoms with E-state index in [1.54, 1.807) is 6.92 Å². The lowest BCUT2D eigenvalue weighted by atomic mass is 9.81. The van der Waals surface area contributed by atoms with Crippen molar-refractivity contribution < 1.29 is 27.4 Å². The summed E-state index contributed by atoms with van der Waals surface area (Å²) >= 11 is 0. The van der Waals surface area contributed by atoms with E-state index in [-0.39, 0.29) is 43.6 Å². The lowest BCUT2D eigenvalue weighted by molar-refractivity contribution is -0.123. The average molecular weight is 393 g/mol. The molecule has 0 saturated heterocycles. The molecule has 0 spiro atoms. The van der Waals surface area contributed by atoms with Crippen LogP contribution >= 0.6 is 0 Å². The first kappa shape index (κ1) is 22.5. The number of alkyl halides is 3. The Morgan fingerprint density at radius 3 is 2.26 bits per heavy atom. The molecule has 2 aliphatic carbocycles. The van der Waals surface area contributed by atoms with E-state index in [2.05, 4.69) is 5.32 Å². The van der Waals surface area contributed by atoms with Crippen molar-refractivity contribution in [1.29, 1.82) is 0 Å². The molecule has 0 aromatic heterocycles. The summed E-state index contributed by atoms with van der Waals surface area (Å²) in [5, 5.41) is 2.84. The van der Waals surface area contributed by atoms with Crippen LogP contribution in [0.15, 0.2) is 0 Å². The minimum absolute atomic E-state index is 0.149. The van der Waals surface area contributed by atoms with E-state index in [0.29, 0.717) is 38.2 Å². The lowest BCUT2D eigenvalue weighted by Crippen LogP contribution is -2.47. The Morgan fingerprint density at radius 2 is 1.70 bits per heavy atom. The third-order valence-electron chi connectivity index (χ3n) is 5.87. The zero-order valence-electron chi connectivity index (χ0n) is 16.7. The van der Waals surface area contributed by atoms with E-state index in [4.69, 9.17) is 9.47 Å². The van der Waals surface area contributed by atoms with Crippen LogP contribution in [0.2, 0.25) is 0 Å². The molecule has 0 bridgehead atoms. The second kappa shape index (κ2) is 9.59. The first-order valence-corrected chi connectivity index (χ1v) is 10.1. The molecule has 0 aliphatic heterocycles. The Kier molecular flexibility index (Phi) is 7.98. The predicted octanol–water partition coefficient (Wildman–Crippen LogP) is 4.41. The highest BCUT2D eigenvalue weighted by atomic mass is 19.3. The maximum atomic E-state index is 13.9. The smallest absolute Gasteiger partial charge is 0.248 e. The largest absolute Gasteiger partial charge is 0.376 e. The van der Waals surface area contributed by atoms with Gasteiger partial charge in [0.1, 0.15) is 5.67 Å². The summed E-state index contributed by atoms with van der Waals surface area (Å²) in [5.41, 5.74) is -1.06. The molecule has 2 saturated carbocycles. The highest BCUT2D eigenvalue weighted by molar-refractivity contribution is 5.73. The van der Waals surface area contributed by atoms with Crippen LogP contribution in [0.3, 0.4) is 0 Å². The van der Waals surface area contributed by atoms with E-state index < -0.39 is 11.6 Å². The zero-order valence-corrected chi connectivity index (χ0v) is 16.7. The number of hydrogen-bond donors (Lipinski definition) is 1. The van der Waals surface area contributed by atoms with E-state index in [0.717, 1.165) is 12.8 Å². The van der Waals surface area contributed by atoms with Gasteiger partial charge in [0.2, 0.25) is 11.8 Å². The SMILES string of the molecule is CC(=O)NC(COC1CCC(F)(F)CC1)C(C)OCC1CCC(C)(F)CC1. The zero-order chi connectivity index (χ0) is 20.1. The molecule has 0 radical (unpaired) electrons. The van der Waals surface area contributed by atoms with Crippen molar-refractivity contribution in [3.05, 3.63) is 0 Å². The molecule has 2 aliphatic rings. The van der Waals surface area contributed by atoms with Gasteiger partial charge in [-0.3, -0.25) is 4.79 Å². The third kappa shape index (κ3) is 7.98. The van der Waals surface area contributed by atoms with Crippen LogP contribution in [0.25, 0.3) is 0 Å². The van der Waals surface area contributed by atoms with Gasteiger partial charge in [0.25, 0.3) is 0 Å². The molecular formula is C20H34F3NO3. The molecule has 2 rings (SSSR count). The van der Waals surface area contributed by atoms with Crippen molar-refractivity contribution in [2.75, 3.05) is 13.2 Å². The normalized spacial score (nSPS) is 31.3. The Hall–Kier alpha value is -0.820. The molecule has 0 heterocycles. The number of nitrogens with one attached hydrogen (secondary N) is 1. The summed E-state index contributed by atoms with van der Waals surface area (Å²) in [6, 6.07) is -0.333. The van der Waals surface area contributed by atoms with Gasteiger partial charge in [-0.1, -0.05) is 0 Å². The maximum absolute atomic E-state index is 13.9. The second-order valence-electron chi connectivity index (χ2n) is 8.59. The standard InChI is InChI=1S/C20H34F3NO3/c1-14(26-12-16-4-8-19(3,21)9-5-16)18(24-15(2)25)13-27-17-6-10-20(22,23)11-7-17/h14,16-18H,4-13H2,1-3H3,(H,24,25). The molecule has 4 nitrogen and oxygen atoms in total.